The first-order valence-electron chi connectivity index (χ1n) is 19.1. The zero-order valence-corrected chi connectivity index (χ0v) is 33.9. The SMILES string of the molecule is CC(C)C[C@H](NC(=O)[C@@H](N)CCCN=C(N)N)C(=O)N[C@@H](CC(N)=O)C(=O)N[C@@H](CCC(=O)O)C(=O)N[C@H](C(=O)N[C@@H](C)C(=O)N[C@@H](CCCCN)C(=O)O)C(C)C. The van der Waals surface area contributed by atoms with Gasteiger partial charge in [0.1, 0.15) is 36.3 Å². The van der Waals surface area contributed by atoms with E-state index in [0.717, 1.165) is 0 Å². The Kier molecular flexibility index (Phi) is 24.5. The Morgan fingerprint density at radius 1 is 0.603 bits per heavy atom. The maximum atomic E-state index is 13.6. The first-order valence-corrected chi connectivity index (χ1v) is 19.1. The van der Waals surface area contributed by atoms with E-state index < -0.39 is 121 Å². The number of nitrogens with one attached hydrogen (secondary N) is 6. The van der Waals surface area contributed by atoms with Crippen molar-refractivity contribution in [1.29, 1.82) is 0 Å². The average Bonchev–Trinajstić information content (AvgIpc) is 3.11. The molecule has 0 radical (unpaired) electrons. The highest BCUT2D eigenvalue weighted by molar-refractivity contribution is 5.98. The molecule has 18 N–H and O–H groups in total. The van der Waals surface area contributed by atoms with E-state index in [1.807, 2.05) is 0 Å². The summed E-state index contributed by atoms with van der Waals surface area (Å²) in [5.41, 5.74) is 27.4. The second-order valence-electron chi connectivity index (χ2n) is 14.6. The van der Waals surface area contributed by atoms with Gasteiger partial charge >= 0.3 is 11.9 Å². The Morgan fingerprint density at radius 2 is 1.16 bits per heavy atom. The molecule has 0 heterocycles. The second kappa shape index (κ2) is 27.1. The number of hydrogen-bond donors (Lipinski definition) is 13. The number of nitrogens with two attached hydrogens (primary N) is 5. The molecular formula is C35H64N12O11. The van der Waals surface area contributed by atoms with Gasteiger partial charge in [-0.2, -0.15) is 0 Å². The highest BCUT2D eigenvalue weighted by Crippen LogP contribution is 2.10. The number of amides is 7. The van der Waals surface area contributed by atoms with Crippen molar-refractivity contribution in [2.45, 2.75) is 135 Å². The van der Waals surface area contributed by atoms with E-state index in [0.29, 0.717) is 25.8 Å². The van der Waals surface area contributed by atoms with Gasteiger partial charge in [0.05, 0.1) is 12.5 Å². The lowest BCUT2D eigenvalue weighted by Crippen LogP contribution is -2.60. The third kappa shape index (κ3) is 21.6. The van der Waals surface area contributed by atoms with Crippen LogP contribution in [0.25, 0.3) is 0 Å². The summed E-state index contributed by atoms with van der Waals surface area (Å²) < 4.78 is 0. The molecule has 58 heavy (non-hydrogen) atoms. The first-order chi connectivity index (χ1) is 27.0. The molecule has 23 nitrogen and oxygen atoms in total. The Morgan fingerprint density at radius 3 is 1.67 bits per heavy atom. The maximum absolute atomic E-state index is 13.6. The predicted molar refractivity (Wildman–Crippen MR) is 211 cm³/mol. The number of aliphatic carboxylic acids is 2. The van der Waals surface area contributed by atoms with Crippen LogP contribution in [0.5, 0.6) is 0 Å². The summed E-state index contributed by atoms with van der Waals surface area (Å²) in [6.07, 6.45) is -0.210. The Bertz CT molecular complexity index is 1460. The molecule has 0 unspecified atom stereocenters. The van der Waals surface area contributed by atoms with Crippen molar-refractivity contribution in [2.75, 3.05) is 13.1 Å². The Balaban J connectivity index is 6.08. The summed E-state index contributed by atoms with van der Waals surface area (Å²) in [5.74, 6) is -9.92. The fraction of sp³-hybridized carbons (Fsp3) is 0.714. The van der Waals surface area contributed by atoms with Crippen LogP contribution in [0.1, 0.15) is 92.4 Å². The molecule has 0 fully saturated rings. The largest absolute Gasteiger partial charge is 0.481 e. The zero-order valence-electron chi connectivity index (χ0n) is 33.9. The first kappa shape index (κ1) is 52.4. The average molecular weight is 829 g/mol. The van der Waals surface area contributed by atoms with E-state index in [4.69, 9.17) is 28.7 Å². The van der Waals surface area contributed by atoms with Crippen molar-refractivity contribution >= 4 is 59.2 Å². The smallest absolute Gasteiger partial charge is 0.326 e. The Hall–Kier alpha value is -5.58. The van der Waals surface area contributed by atoms with Gasteiger partial charge in [-0.25, -0.2) is 4.79 Å². The number of rotatable bonds is 29. The van der Waals surface area contributed by atoms with Crippen molar-refractivity contribution in [3.63, 3.8) is 0 Å². The van der Waals surface area contributed by atoms with Crippen LogP contribution < -0.4 is 60.6 Å². The molecule has 0 spiro atoms. The maximum Gasteiger partial charge on any atom is 0.326 e. The minimum atomic E-state index is -1.70. The summed E-state index contributed by atoms with van der Waals surface area (Å²) in [7, 11) is 0. The number of carbonyl (C=O) groups excluding carboxylic acids is 7. The van der Waals surface area contributed by atoms with Crippen LogP contribution in [0, 0.1) is 11.8 Å². The summed E-state index contributed by atoms with van der Waals surface area (Å²) in [6.45, 7) is 8.50. The number of nitrogens with zero attached hydrogens (tertiary/aromatic N) is 1. The number of primary amides is 1. The molecule has 330 valence electrons. The quantitative estimate of drug-likeness (QED) is 0.0194. The van der Waals surface area contributed by atoms with Gasteiger partial charge < -0.3 is 70.8 Å². The number of aliphatic imine (C=N–C) groups is 1. The molecule has 0 bridgehead atoms. The molecular weight excluding hydrogens is 764 g/mol. The van der Waals surface area contributed by atoms with E-state index in [-0.39, 0.29) is 37.7 Å². The fourth-order valence-corrected chi connectivity index (χ4v) is 5.33. The van der Waals surface area contributed by atoms with E-state index in [9.17, 15) is 53.4 Å². The number of unbranched alkanes of at least 4 members (excludes halogenated alkanes) is 1. The minimum absolute atomic E-state index is 0.0840. The van der Waals surface area contributed by atoms with Crippen LogP contribution in [0.3, 0.4) is 0 Å². The zero-order chi connectivity index (χ0) is 44.7. The third-order valence-corrected chi connectivity index (χ3v) is 8.52. The van der Waals surface area contributed by atoms with Gasteiger partial charge in [0, 0.05) is 13.0 Å². The van der Waals surface area contributed by atoms with Crippen molar-refractivity contribution < 1.29 is 53.4 Å². The van der Waals surface area contributed by atoms with Crippen LogP contribution in [-0.4, -0.2) is 125 Å². The van der Waals surface area contributed by atoms with Gasteiger partial charge in [-0.1, -0.05) is 27.7 Å². The molecule has 7 atom stereocenters. The van der Waals surface area contributed by atoms with E-state index in [1.54, 1.807) is 27.7 Å². The molecule has 0 aliphatic heterocycles. The topological polar surface area (TPSA) is 409 Å². The van der Waals surface area contributed by atoms with Crippen molar-refractivity contribution in [3.05, 3.63) is 0 Å². The van der Waals surface area contributed by atoms with Gasteiger partial charge in [0.25, 0.3) is 0 Å². The lowest BCUT2D eigenvalue weighted by Gasteiger charge is -2.28. The Labute approximate surface area is 337 Å². The van der Waals surface area contributed by atoms with Gasteiger partial charge in [0.15, 0.2) is 5.96 Å². The second-order valence-corrected chi connectivity index (χ2v) is 14.6. The molecule has 0 saturated carbocycles. The van der Waals surface area contributed by atoms with Crippen molar-refractivity contribution in [1.82, 2.24) is 31.9 Å². The van der Waals surface area contributed by atoms with Gasteiger partial charge in [-0.3, -0.25) is 43.3 Å². The summed E-state index contributed by atoms with van der Waals surface area (Å²) in [6, 6.07) is -9.43. The monoisotopic (exact) mass is 828 g/mol. The minimum Gasteiger partial charge on any atom is -0.481 e. The lowest BCUT2D eigenvalue weighted by atomic mass is 10.0. The molecule has 0 saturated heterocycles. The third-order valence-electron chi connectivity index (χ3n) is 8.52. The normalized spacial score (nSPS) is 14.6. The fourth-order valence-electron chi connectivity index (χ4n) is 5.33. The van der Waals surface area contributed by atoms with Crippen LogP contribution >= 0.6 is 0 Å². The highest BCUT2D eigenvalue weighted by atomic mass is 16.4. The number of carboxylic acid groups (broad SMARTS) is 2. The number of hydrogen-bond acceptors (Lipinski definition) is 12. The molecule has 0 aromatic carbocycles. The summed E-state index contributed by atoms with van der Waals surface area (Å²) >= 11 is 0. The van der Waals surface area contributed by atoms with E-state index in [1.165, 1.54) is 6.92 Å². The molecule has 0 aromatic heterocycles. The molecule has 7 amide bonds. The standard InChI is InChI=1S/C35H64N12O11/c1-17(2)15-23(45-29(52)20(37)9-8-14-41-35(39)40)31(54)46-24(16-25(38)48)32(55)43-21(11-12-26(49)50)30(53)47-27(18(3)4)33(56)42-19(5)28(51)44-22(34(57)58)10-6-7-13-36/h17-24,27H,6-16,36-37H2,1-5H3,(H2,38,48)(H,42,56)(H,43,55)(H,44,51)(H,45,52)(H,46,54)(H,47,53)(H,49,50)(H,57,58)(H4,39,40,41)/t19-,20-,21-,22-,23-,24-,27-/m0/s1. The predicted octanol–water partition coefficient (Wildman–Crippen LogP) is -4.05. The van der Waals surface area contributed by atoms with Gasteiger partial charge in [0.2, 0.25) is 41.4 Å². The highest BCUT2D eigenvalue weighted by Gasteiger charge is 2.34. The lowest BCUT2D eigenvalue weighted by molar-refractivity contribution is -0.142. The van der Waals surface area contributed by atoms with E-state index in [2.05, 4.69) is 36.9 Å². The van der Waals surface area contributed by atoms with E-state index >= 15 is 0 Å². The van der Waals surface area contributed by atoms with Crippen molar-refractivity contribution in [2.24, 2.45) is 45.5 Å². The number of carboxylic acids is 2. The van der Waals surface area contributed by atoms with Crippen LogP contribution in [-0.2, 0) is 43.2 Å². The van der Waals surface area contributed by atoms with Crippen LogP contribution in [0.4, 0.5) is 0 Å². The molecule has 23 heteroatoms. The molecule has 0 rings (SSSR count). The van der Waals surface area contributed by atoms with Crippen LogP contribution in [0.15, 0.2) is 4.99 Å². The van der Waals surface area contributed by atoms with Gasteiger partial charge in [-0.15, -0.1) is 0 Å². The van der Waals surface area contributed by atoms with Crippen LogP contribution in [0.2, 0.25) is 0 Å². The summed E-state index contributed by atoms with van der Waals surface area (Å²) in [4.78, 5) is 119. The number of guanidine groups is 1. The molecule has 0 aromatic rings. The van der Waals surface area contributed by atoms with Gasteiger partial charge in [-0.05, 0) is 70.3 Å². The molecule has 0 aliphatic rings. The summed E-state index contributed by atoms with van der Waals surface area (Å²) in [5, 5.41) is 33.3. The molecule has 0 aliphatic carbocycles. The van der Waals surface area contributed by atoms with Crippen molar-refractivity contribution in [3.8, 4) is 0 Å². The number of carbonyl (C=O) groups is 9.